The summed E-state index contributed by atoms with van der Waals surface area (Å²) in [5.41, 5.74) is -5.56. The Bertz CT molecular complexity index is 3650. The normalized spacial score (nSPS) is 26.6. The molecule has 0 unspecified atom stereocenters. The summed E-state index contributed by atoms with van der Waals surface area (Å²) in [5, 5.41) is 8.29. The molecule has 2 bridgehead atoms. The first-order valence-corrected chi connectivity index (χ1v) is 37.7. The summed E-state index contributed by atoms with van der Waals surface area (Å²) in [6.07, 6.45) is -7.26. The fourth-order valence-corrected chi connectivity index (χ4v) is 15.1. The van der Waals surface area contributed by atoms with Gasteiger partial charge in [-0.05, 0) is 119 Å². The van der Waals surface area contributed by atoms with Gasteiger partial charge in [-0.1, -0.05) is 70.7 Å². The second-order valence-corrected chi connectivity index (χ2v) is 29.7. The van der Waals surface area contributed by atoms with E-state index in [1.54, 1.807) is 39.8 Å². The molecule has 5 aliphatic rings. The predicted octanol–water partition coefficient (Wildman–Crippen LogP) is 5.51. The molecule has 2 aromatic rings. The quantitative estimate of drug-likeness (QED) is 0.165. The molecule has 110 heavy (non-hydrogen) atoms. The van der Waals surface area contributed by atoms with Gasteiger partial charge in [0.1, 0.15) is 65.0 Å². The number of likely N-dealkylation sites (N-methyl/N-ethyl adjacent to an activating group) is 6. The Balaban J connectivity index is 1.39. The first kappa shape index (κ1) is 88.4. The van der Waals surface area contributed by atoms with Crippen molar-refractivity contribution in [3.8, 4) is 0 Å². The molecule has 3 fully saturated rings. The fraction of sp³-hybridized carbons (Fsp3) is 0.658. The van der Waals surface area contributed by atoms with Gasteiger partial charge in [0.2, 0.25) is 70.9 Å². The van der Waals surface area contributed by atoms with Crippen LogP contribution in [0.3, 0.4) is 0 Å². The lowest BCUT2D eigenvalue weighted by molar-refractivity contribution is -0.157. The molecule has 0 spiro atoms. The van der Waals surface area contributed by atoms with E-state index in [1.165, 1.54) is 56.9 Å². The van der Waals surface area contributed by atoms with Gasteiger partial charge >= 0.3 is 12.4 Å². The number of benzene rings is 2. The average molecular weight is 1560 g/mol. The number of alkyl halides is 6. The lowest BCUT2D eigenvalue weighted by Crippen LogP contribution is -2.65. The molecule has 610 valence electrons. The van der Waals surface area contributed by atoms with E-state index in [2.05, 4.69) is 16.0 Å². The van der Waals surface area contributed by atoms with Crippen LogP contribution in [-0.2, 0) is 92.2 Å². The summed E-state index contributed by atoms with van der Waals surface area (Å²) in [4.78, 5) is 192. The number of carbonyl (C=O) groups excluding carboxylic acids is 12. The van der Waals surface area contributed by atoms with Crippen LogP contribution in [0.5, 0.6) is 0 Å². The van der Waals surface area contributed by atoms with Gasteiger partial charge in [-0.15, -0.1) is 0 Å². The van der Waals surface area contributed by atoms with E-state index in [-0.39, 0.29) is 83.7 Å². The van der Waals surface area contributed by atoms with Crippen LogP contribution in [0.2, 0.25) is 0 Å². The Morgan fingerprint density at radius 2 is 1.29 bits per heavy atom. The van der Waals surface area contributed by atoms with E-state index in [0.29, 0.717) is 57.1 Å². The second kappa shape index (κ2) is 38.9. The third kappa shape index (κ3) is 22.3. The molecule has 4 aliphatic heterocycles. The van der Waals surface area contributed by atoms with Crippen molar-refractivity contribution < 1.29 is 102 Å². The fourth-order valence-electron chi connectivity index (χ4n) is 15.1. The first-order chi connectivity index (χ1) is 51.8. The van der Waals surface area contributed by atoms with Gasteiger partial charge < -0.3 is 69.5 Å². The Labute approximate surface area is 636 Å². The monoisotopic (exact) mass is 1560 g/mol. The molecule has 1 saturated carbocycles. The number of ether oxygens (including phenoxy) is 2. The van der Waals surface area contributed by atoms with E-state index in [4.69, 9.17) is 9.47 Å². The van der Waals surface area contributed by atoms with Gasteiger partial charge in [-0.25, -0.2) is 8.78 Å². The number of halogens is 8. The van der Waals surface area contributed by atoms with Crippen LogP contribution in [0, 0.1) is 23.5 Å². The molecular formula is C76H106F8N12O14. The highest BCUT2D eigenvalue weighted by atomic mass is 19.4. The Kier molecular flexibility index (Phi) is 31.3. The van der Waals surface area contributed by atoms with Crippen molar-refractivity contribution in [1.82, 2.24) is 60.0 Å². The van der Waals surface area contributed by atoms with Crippen molar-refractivity contribution in [3.05, 3.63) is 82.4 Å². The van der Waals surface area contributed by atoms with Gasteiger partial charge in [0.25, 0.3) is 0 Å². The summed E-state index contributed by atoms with van der Waals surface area (Å²) in [5.74, 6) is -15.4. The van der Waals surface area contributed by atoms with Crippen LogP contribution in [-0.4, -0.2) is 277 Å². The van der Waals surface area contributed by atoms with E-state index in [1.807, 2.05) is 0 Å². The van der Waals surface area contributed by atoms with E-state index in [9.17, 15) is 45.5 Å². The number of allylic oxidation sites excluding steroid dienone is 1. The Hall–Kier alpha value is -8.82. The van der Waals surface area contributed by atoms with Crippen molar-refractivity contribution in [1.29, 1.82) is 0 Å². The largest absolute Gasteiger partial charge is 0.422 e. The van der Waals surface area contributed by atoms with Crippen molar-refractivity contribution in [3.63, 3.8) is 0 Å². The van der Waals surface area contributed by atoms with E-state index >= 15 is 47.1 Å². The molecule has 26 nitrogen and oxygen atoms in total. The molecule has 3 N–H and O–H groups in total. The lowest BCUT2D eigenvalue weighted by Gasteiger charge is -2.42. The van der Waals surface area contributed by atoms with Crippen LogP contribution < -0.4 is 16.0 Å². The molecule has 34 heteroatoms. The topological polar surface area (TPSA) is 289 Å². The summed E-state index contributed by atoms with van der Waals surface area (Å²) >= 11 is 0. The number of aryl methyl sites for hydroxylation is 1. The van der Waals surface area contributed by atoms with Gasteiger partial charge in [-0.2, -0.15) is 26.3 Å². The van der Waals surface area contributed by atoms with Crippen LogP contribution in [0.15, 0.2) is 48.6 Å². The smallest absolute Gasteiger partial charge is 0.378 e. The minimum Gasteiger partial charge on any atom is -0.378 e. The average Bonchev–Trinajstić information content (AvgIpc) is 1.34. The van der Waals surface area contributed by atoms with Crippen molar-refractivity contribution in [2.24, 2.45) is 11.8 Å². The SMILES string of the molecule is CCCN1C(=O)CN(C)C(=O)CN(C)C(=O)[C@H]([C@@H](C)CC)NC(=O)[C@@H]2CCCC/C=C\C[C@](C)(NC(=O)[C@@H]3C[C@@H](OCC)CN3C(=O)[C@H](CCc3cc(F)c(C(F)(F)F)c(F)c3)NC(=O)CN(C)C(=O)[C@@H]1Cc1ccc(C(F)(F)F)cc1)C(=O)N(C)[C@@H](C1CCCC1)C(=O)N(C)[C@H](C(=O)N1CCOCC1)CC(=O)N2C. The van der Waals surface area contributed by atoms with Crippen LogP contribution in [0.4, 0.5) is 35.1 Å². The molecule has 12 amide bonds. The van der Waals surface area contributed by atoms with Gasteiger partial charge in [0.05, 0.1) is 50.9 Å². The number of rotatable bonds is 13. The highest BCUT2D eigenvalue weighted by Crippen LogP contribution is 2.37. The summed E-state index contributed by atoms with van der Waals surface area (Å²) in [7, 11) is 7.77. The second-order valence-electron chi connectivity index (χ2n) is 29.7. The molecule has 7 rings (SSSR count). The number of nitrogens with one attached hydrogen (secondary N) is 3. The molecule has 0 aromatic heterocycles. The zero-order chi connectivity index (χ0) is 81.4. The van der Waals surface area contributed by atoms with E-state index in [0.717, 1.165) is 60.7 Å². The van der Waals surface area contributed by atoms with Crippen molar-refractivity contribution >= 4 is 70.9 Å². The number of fused-ring (bicyclic) bond motifs is 8. The maximum absolute atomic E-state index is 15.9. The van der Waals surface area contributed by atoms with Crippen molar-refractivity contribution in [2.45, 2.75) is 204 Å². The minimum atomic E-state index is -5.47. The highest BCUT2D eigenvalue weighted by molar-refractivity contribution is 6.01. The third-order valence-electron chi connectivity index (χ3n) is 21.7. The molecule has 2 saturated heterocycles. The lowest BCUT2D eigenvalue weighted by atomic mass is 9.89. The number of hydrogen-bond donors (Lipinski definition) is 3. The maximum Gasteiger partial charge on any atom is 0.422 e. The molecule has 4 heterocycles. The third-order valence-corrected chi connectivity index (χ3v) is 21.7. The highest BCUT2D eigenvalue weighted by Gasteiger charge is 2.50. The van der Waals surface area contributed by atoms with Gasteiger partial charge in [0.15, 0.2) is 0 Å². The summed E-state index contributed by atoms with van der Waals surface area (Å²) in [6, 6.07) is -6.14. The minimum absolute atomic E-state index is 0.0215. The van der Waals surface area contributed by atoms with Crippen LogP contribution in [0.1, 0.15) is 147 Å². The van der Waals surface area contributed by atoms with Crippen molar-refractivity contribution in [2.75, 3.05) is 108 Å². The summed E-state index contributed by atoms with van der Waals surface area (Å²) in [6.45, 7) is 5.61. The molecule has 0 radical (unpaired) electrons. The zero-order valence-corrected chi connectivity index (χ0v) is 64.5. The standard InChI is InChI=1S/C76H106F8N12O14/c1-12-32-95-58(39-47-25-28-50(29-26-47)75(79,80)81)69(104)89(7)43-59(97)85-54(30-27-48-37-52(77)63(53(78)38-48)76(82,83)84)68(103)96-42-51(110-14-3)40-56(96)67(102)87-74(5)31-21-17-15-16-18-24-55(66(101)86-64(46(4)13-2)71(106)90(8)44-61(99)88(6)45-62(95)100)91(9)60(98)41-57(70(105)94-33-35-109-36-34-94)92(10)72(107)65(93(11)73(74)108)49-22-19-20-23-49/h17,21,25-26,28-29,37-38,46,49,51,54-58,64-65H,12-16,18-20,22-24,27,30-36,39-45H2,1-11H3,(H,85,97)(H,86,101)(H,87,102)/b21-17-/t46-,51+,54-,55-,56-,57-,58-,64-,65-,74-/m0/s1. The summed E-state index contributed by atoms with van der Waals surface area (Å²) < 4.78 is 126. The number of carbonyl (C=O) groups is 12. The zero-order valence-electron chi connectivity index (χ0n) is 64.5. The van der Waals surface area contributed by atoms with Crippen LogP contribution in [0.25, 0.3) is 0 Å². The molecule has 2 aromatic carbocycles. The number of hydrogen-bond acceptors (Lipinski definition) is 14. The predicted molar refractivity (Wildman–Crippen MR) is 385 cm³/mol. The molecule has 10 atom stereocenters. The van der Waals surface area contributed by atoms with Gasteiger partial charge in [0, 0.05) is 87.9 Å². The maximum atomic E-state index is 15.9. The molecular weight excluding hydrogens is 1460 g/mol. The number of morpholine rings is 1. The first-order valence-electron chi connectivity index (χ1n) is 37.7. The Morgan fingerprint density at radius 3 is 1.89 bits per heavy atom. The van der Waals surface area contributed by atoms with E-state index < -0.39 is 223 Å². The number of nitrogens with zero attached hydrogens (tertiary/aromatic N) is 9. The number of amides is 12. The van der Waals surface area contributed by atoms with Crippen LogP contribution >= 0.6 is 0 Å². The molecule has 1 aliphatic carbocycles. The van der Waals surface area contributed by atoms with Gasteiger partial charge in [-0.3, -0.25) is 57.5 Å². The Morgan fingerprint density at radius 1 is 0.673 bits per heavy atom.